The molecule has 2 aliphatic heterocycles. The molecule has 2 rings (SSSR count). The Morgan fingerprint density at radius 3 is 2.90 bits per heavy atom. The third-order valence-corrected chi connectivity index (χ3v) is 4.41. The quantitative estimate of drug-likeness (QED) is 0.744. The summed E-state index contributed by atoms with van der Waals surface area (Å²) in [6, 6.07) is 2.13. The van der Waals surface area contributed by atoms with E-state index in [2.05, 4.69) is 10.8 Å². The average Bonchev–Trinajstić information content (AvgIpc) is 2.88. The molecule has 2 saturated heterocycles. The van der Waals surface area contributed by atoms with E-state index < -0.39 is 5.60 Å². The molecular formula is C15H23NO5. The molecule has 2 heterocycles. The zero-order valence-corrected chi connectivity index (χ0v) is 12.4. The van der Waals surface area contributed by atoms with Crippen LogP contribution in [0.2, 0.25) is 0 Å². The number of carbonyl (C=O) groups is 1. The highest BCUT2D eigenvalue weighted by molar-refractivity contribution is 5.69. The van der Waals surface area contributed by atoms with Crippen LogP contribution in [0, 0.1) is 11.3 Å². The first-order chi connectivity index (χ1) is 10.1. The molecule has 118 valence electrons. The number of ether oxygens (including phenoxy) is 3. The van der Waals surface area contributed by atoms with Gasteiger partial charge < -0.3 is 19.3 Å². The molecule has 0 radical (unpaired) electrons. The van der Waals surface area contributed by atoms with Crippen LogP contribution in [0.3, 0.4) is 0 Å². The first-order valence-electron chi connectivity index (χ1n) is 7.51. The molecule has 0 spiro atoms. The second-order valence-corrected chi connectivity index (χ2v) is 5.80. The Kier molecular flexibility index (Phi) is 5.57. The van der Waals surface area contributed by atoms with Crippen LogP contribution in [-0.4, -0.2) is 48.7 Å². The summed E-state index contributed by atoms with van der Waals surface area (Å²) in [7, 11) is 1.37. The smallest absolute Gasteiger partial charge is 0.305 e. The fraction of sp³-hybridized carbons (Fsp3) is 0.867. The number of hydrogen-bond donors (Lipinski definition) is 1. The number of nitriles is 1. The second kappa shape index (κ2) is 7.21. The van der Waals surface area contributed by atoms with Gasteiger partial charge >= 0.3 is 5.97 Å². The maximum absolute atomic E-state index is 11.2. The van der Waals surface area contributed by atoms with Crippen molar-refractivity contribution in [3.8, 4) is 6.07 Å². The minimum atomic E-state index is -0.668. The summed E-state index contributed by atoms with van der Waals surface area (Å²) in [5, 5.41) is 18.4. The first kappa shape index (κ1) is 16.2. The van der Waals surface area contributed by atoms with Crippen molar-refractivity contribution >= 4 is 5.97 Å². The van der Waals surface area contributed by atoms with E-state index in [1.165, 1.54) is 7.11 Å². The summed E-state index contributed by atoms with van der Waals surface area (Å²) in [6.07, 6.45) is 4.11. The Labute approximate surface area is 125 Å². The Morgan fingerprint density at radius 2 is 2.24 bits per heavy atom. The molecule has 0 aliphatic carbocycles. The summed E-state index contributed by atoms with van der Waals surface area (Å²) in [6.45, 7) is -0.0879. The van der Waals surface area contributed by atoms with Crippen molar-refractivity contribution in [1.29, 1.82) is 5.26 Å². The lowest BCUT2D eigenvalue weighted by atomic mass is 9.86. The van der Waals surface area contributed by atoms with Crippen molar-refractivity contribution in [2.45, 2.75) is 68.9 Å². The van der Waals surface area contributed by atoms with Crippen LogP contribution in [0.4, 0.5) is 0 Å². The molecule has 6 nitrogen and oxygen atoms in total. The van der Waals surface area contributed by atoms with Crippen LogP contribution < -0.4 is 0 Å². The predicted molar refractivity (Wildman–Crippen MR) is 73.3 cm³/mol. The van der Waals surface area contributed by atoms with E-state index in [1.807, 2.05) is 0 Å². The van der Waals surface area contributed by atoms with Crippen molar-refractivity contribution < 1.29 is 24.1 Å². The number of rotatable bonds is 6. The molecular weight excluding hydrogens is 274 g/mol. The van der Waals surface area contributed by atoms with Gasteiger partial charge in [-0.15, -0.1) is 0 Å². The Bertz CT molecular complexity index is 407. The molecule has 0 saturated carbocycles. The number of nitrogens with zero attached hydrogens (tertiary/aromatic N) is 1. The van der Waals surface area contributed by atoms with Crippen molar-refractivity contribution in [1.82, 2.24) is 0 Å². The highest BCUT2D eigenvalue weighted by Gasteiger charge is 2.52. The first-order valence-corrected chi connectivity index (χ1v) is 7.51. The minimum absolute atomic E-state index is 0.0102. The summed E-state index contributed by atoms with van der Waals surface area (Å²) < 4.78 is 16.7. The van der Waals surface area contributed by atoms with E-state index in [1.54, 1.807) is 0 Å². The molecule has 2 aliphatic rings. The van der Waals surface area contributed by atoms with Gasteiger partial charge in [-0.1, -0.05) is 0 Å². The molecule has 4 atom stereocenters. The number of methoxy groups -OCH3 is 1. The van der Waals surface area contributed by atoms with Gasteiger partial charge in [0.1, 0.15) is 5.60 Å². The number of esters is 1. The highest BCUT2D eigenvalue weighted by atomic mass is 16.6. The largest absolute Gasteiger partial charge is 0.469 e. The number of carbonyl (C=O) groups excluding carboxylic acids is 1. The van der Waals surface area contributed by atoms with Gasteiger partial charge in [-0.3, -0.25) is 4.79 Å². The van der Waals surface area contributed by atoms with E-state index in [4.69, 9.17) is 14.7 Å². The lowest BCUT2D eigenvalue weighted by Crippen LogP contribution is -2.51. The lowest BCUT2D eigenvalue weighted by Gasteiger charge is -2.40. The van der Waals surface area contributed by atoms with Crippen LogP contribution >= 0.6 is 0 Å². The summed E-state index contributed by atoms with van der Waals surface area (Å²) >= 11 is 0. The van der Waals surface area contributed by atoms with Gasteiger partial charge in [0.2, 0.25) is 0 Å². The third kappa shape index (κ3) is 3.73. The van der Waals surface area contributed by atoms with Crippen LogP contribution in [0.1, 0.15) is 44.9 Å². The molecule has 6 heteroatoms. The fourth-order valence-corrected chi connectivity index (χ4v) is 3.29. The molecule has 0 aromatic rings. The molecule has 0 aromatic heterocycles. The van der Waals surface area contributed by atoms with Crippen molar-refractivity contribution in [2.75, 3.05) is 13.7 Å². The molecule has 0 amide bonds. The van der Waals surface area contributed by atoms with E-state index in [-0.39, 0.29) is 30.9 Å². The molecule has 2 fully saturated rings. The van der Waals surface area contributed by atoms with Crippen molar-refractivity contribution in [2.24, 2.45) is 0 Å². The molecule has 21 heavy (non-hydrogen) atoms. The fourth-order valence-electron chi connectivity index (χ4n) is 3.29. The topological polar surface area (TPSA) is 88.8 Å². The summed E-state index contributed by atoms with van der Waals surface area (Å²) in [5.41, 5.74) is -0.668. The van der Waals surface area contributed by atoms with Gasteiger partial charge in [-0.25, -0.2) is 0 Å². The van der Waals surface area contributed by atoms with Gasteiger partial charge in [0.05, 0.1) is 38.1 Å². The number of hydrogen-bond acceptors (Lipinski definition) is 6. The predicted octanol–water partition coefficient (Wildman–Crippen LogP) is 1.31. The summed E-state index contributed by atoms with van der Waals surface area (Å²) in [4.78, 5) is 11.2. The van der Waals surface area contributed by atoms with E-state index in [0.29, 0.717) is 32.1 Å². The van der Waals surface area contributed by atoms with Gasteiger partial charge in [0, 0.05) is 19.3 Å². The normalized spacial score (nSPS) is 35.0. The Balaban J connectivity index is 1.92. The van der Waals surface area contributed by atoms with Gasteiger partial charge in [-0.05, 0) is 25.7 Å². The maximum Gasteiger partial charge on any atom is 0.305 e. The van der Waals surface area contributed by atoms with Gasteiger partial charge in [0.25, 0.3) is 0 Å². The minimum Gasteiger partial charge on any atom is -0.469 e. The van der Waals surface area contributed by atoms with Crippen molar-refractivity contribution in [3.05, 3.63) is 0 Å². The van der Waals surface area contributed by atoms with E-state index >= 15 is 0 Å². The lowest BCUT2D eigenvalue weighted by molar-refractivity contribution is -0.183. The van der Waals surface area contributed by atoms with Crippen molar-refractivity contribution in [3.63, 3.8) is 0 Å². The zero-order valence-electron chi connectivity index (χ0n) is 12.4. The van der Waals surface area contributed by atoms with Crippen LogP contribution in [-0.2, 0) is 19.0 Å². The average molecular weight is 297 g/mol. The van der Waals surface area contributed by atoms with E-state index in [9.17, 15) is 9.90 Å². The molecule has 0 aromatic carbocycles. The Morgan fingerprint density at radius 1 is 1.43 bits per heavy atom. The Hall–Kier alpha value is -1.16. The number of aliphatic hydroxyl groups is 1. The number of aliphatic hydroxyl groups excluding tert-OH is 1. The van der Waals surface area contributed by atoms with Gasteiger partial charge in [-0.2, -0.15) is 5.26 Å². The standard InChI is InChI=1S/C15H23NO5/c1-19-14(18)7-5-12-9-15(10-17)13(20-12)6-4-11(21-15)3-2-8-16/h11-13,17H,2-7,9-10H2,1H3/t11?,12-,13?,15?/m0/s1. The van der Waals surface area contributed by atoms with Crippen LogP contribution in [0.25, 0.3) is 0 Å². The van der Waals surface area contributed by atoms with Crippen LogP contribution in [0.15, 0.2) is 0 Å². The van der Waals surface area contributed by atoms with Gasteiger partial charge in [0.15, 0.2) is 0 Å². The number of fused-ring (bicyclic) bond motifs is 1. The monoisotopic (exact) mass is 297 g/mol. The molecule has 0 bridgehead atoms. The molecule has 1 N–H and O–H groups in total. The maximum atomic E-state index is 11.2. The second-order valence-electron chi connectivity index (χ2n) is 5.80. The zero-order chi connectivity index (χ0) is 15.3. The van der Waals surface area contributed by atoms with Crippen LogP contribution in [0.5, 0.6) is 0 Å². The SMILES string of the molecule is COC(=O)CC[C@H]1CC2(CO)OC(CCC#N)CCC2O1. The third-order valence-electron chi connectivity index (χ3n) is 4.41. The molecule has 3 unspecified atom stereocenters. The van der Waals surface area contributed by atoms with E-state index in [0.717, 1.165) is 12.8 Å². The highest BCUT2D eigenvalue weighted by Crippen LogP contribution is 2.43. The summed E-state index contributed by atoms with van der Waals surface area (Å²) in [5.74, 6) is -0.251.